The minimum atomic E-state index is -0.346. The van der Waals surface area contributed by atoms with Crippen molar-refractivity contribution in [1.82, 2.24) is 5.32 Å². The van der Waals surface area contributed by atoms with Crippen molar-refractivity contribution in [2.45, 2.75) is 45.4 Å². The predicted molar refractivity (Wildman–Crippen MR) is 118 cm³/mol. The summed E-state index contributed by atoms with van der Waals surface area (Å²) in [6.07, 6.45) is 0.708. The third kappa shape index (κ3) is 4.65. The maximum atomic E-state index is 13.0. The summed E-state index contributed by atoms with van der Waals surface area (Å²) in [5, 5.41) is 3.20. The van der Waals surface area contributed by atoms with Crippen LogP contribution in [0.25, 0.3) is 0 Å². The highest BCUT2D eigenvalue weighted by molar-refractivity contribution is 5.94. The lowest BCUT2D eigenvalue weighted by atomic mass is 9.88. The number of carbonyl (C=O) groups excluding carboxylic acids is 1. The lowest BCUT2D eigenvalue weighted by Crippen LogP contribution is -2.41. The van der Waals surface area contributed by atoms with E-state index in [1.54, 1.807) is 6.07 Å². The Hall–Kier alpha value is -3.27. The first kappa shape index (κ1) is 20.0. The van der Waals surface area contributed by atoms with Gasteiger partial charge in [0.15, 0.2) is 0 Å². The zero-order chi connectivity index (χ0) is 21.1. The van der Waals surface area contributed by atoms with Crippen molar-refractivity contribution in [3.8, 4) is 11.5 Å². The number of fused-ring (bicyclic) bond motifs is 1. The smallest absolute Gasteiger partial charge is 0.251 e. The topological polar surface area (TPSA) is 47.6 Å². The summed E-state index contributed by atoms with van der Waals surface area (Å²) < 4.78 is 12.0. The van der Waals surface area contributed by atoms with Crippen LogP contribution in [-0.2, 0) is 6.61 Å². The minimum Gasteiger partial charge on any atom is -0.489 e. The molecule has 4 rings (SSSR count). The summed E-state index contributed by atoms with van der Waals surface area (Å²) in [7, 11) is 0. The van der Waals surface area contributed by atoms with Gasteiger partial charge in [0.2, 0.25) is 0 Å². The molecule has 154 valence electrons. The molecule has 0 saturated heterocycles. The van der Waals surface area contributed by atoms with Gasteiger partial charge in [-0.3, -0.25) is 4.79 Å². The summed E-state index contributed by atoms with van der Waals surface area (Å²) in [4.78, 5) is 13.0. The van der Waals surface area contributed by atoms with Gasteiger partial charge in [0.05, 0.1) is 6.04 Å². The number of ether oxygens (including phenoxy) is 2. The van der Waals surface area contributed by atoms with Gasteiger partial charge >= 0.3 is 0 Å². The van der Waals surface area contributed by atoms with Gasteiger partial charge in [0.1, 0.15) is 23.7 Å². The van der Waals surface area contributed by atoms with E-state index in [4.69, 9.17) is 9.47 Å². The van der Waals surface area contributed by atoms with Crippen LogP contribution in [0.4, 0.5) is 0 Å². The minimum absolute atomic E-state index is 0.106. The van der Waals surface area contributed by atoms with E-state index >= 15 is 0 Å². The third-order valence-corrected chi connectivity index (χ3v) is 5.27. The van der Waals surface area contributed by atoms with Crippen molar-refractivity contribution in [2.24, 2.45) is 0 Å². The molecule has 3 aromatic rings. The van der Waals surface area contributed by atoms with Crippen LogP contribution in [0.2, 0.25) is 0 Å². The molecular formula is C26H27NO3. The second-order valence-electron chi connectivity index (χ2n) is 8.44. The number of amides is 1. The van der Waals surface area contributed by atoms with Gasteiger partial charge in [0, 0.05) is 17.5 Å². The van der Waals surface area contributed by atoms with Crippen molar-refractivity contribution in [2.75, 3.05) is 0 Å². The monoisotopic (exact) mass is 401 g/mol. The Morgan fingerprint density at radius 3 is 2.67 bits per heavy atom. The fraction of sp³-hybridized carbons (Fsp3) is 0.269. The summed E-state index contributed by atoms with van der Waals surface area (Å²) in [6.45, 7) is 6.61. The van der Waals surface area contributed by atoms with E-state index in [9.17, 15) is 4.79 Å². The first-order valence-corrected chi connectivity index (χ1v) is 10.3. The van der Waals surface area contributed by atoms with E-state index in [-0.39, 0.29) is 17.6 Å². The molecule has 0 fully saturated rings. The maximum absolute atomic E-state index is 13.0. The number of hydrogen-bond donors (Lipinski definition) is 1. The van der Waals surface area contributed by atoms with E-state index < -0.39 is 0 Å². The molecule has 1 atom stereocenters. The maximum Gasteiger partial charge on any atom is 0.251 e. The second-order valence-corrected chi connectivity index (χ2v) is 8.44. The molecule has 4 nitrogen and oxygen atoms in total. The number of rotatable bonds is 5. The van der Waals surface area contributed by atoms with Gasteiger partial charge in [-0.15, -0.1) is 0 Å². The Bertz CT molecular complexity index is 1040. The normalized spacial score (nSPS) is 16.8. The molecule has 3 aromatic carbocycles. The van der Waals surface area contributed by atoms with Crippen molar-refractivity contribution >= 4 is 5.91 Å². The highest BCUT2D eigenvalue weighted by Gasteiger charge is 2.34. The largest absolute Gasteiger partial charge is 0.489 e. The molecule has 1 aliphatic rings. The van der Waals surface area contributed by atoms with Gasteiger partial charge in [-0.05, 0) is 50.6 Å². The Balaban J connectivity index is 1.49. The van der Waals surface area contributed by atoms with Crippen LogP contribution >= 0.6 is 0 Å². The lowest BCUT2D eigenvalue weighted by Gasteiger charge is -2.38. The van der Waals surface area contributed by atoms with Crippen LogP contribution in [0.15, 0.2) is 72.8 Å². The SMILES string of the molecule is Cc1ccc2c(c1)[C@@H](NC(=O)c1cccc(OCc3ccccc3)c1)CC(C)(C)O2. The zero-order valence-corrected chi connectivity index (χ0v) is 17.6. The molecule has 1 N–H and O–H groups in total. The summed E-state index contributed by atoms with van der Waals surface area (Å²) in [5.41, 5.74) is 3.50. The third-order valence-electron chi connectivity index (χ3n) is 5.27. The standard InChI is InChI=1S/C26H27NO3/c1-18-12-13-24-22(14-18)23(16-26(2,3)30-24)27-25(28)20-10-7-11-21(15-20)29-17-19-8-5-4-6-9-19/h4-15,23H,16-17H2,1-3H3,(H,27,28)/t23-/m0/s1. The average molecular weight is 402 g/mol. The van der Waals surface area contributed by atoms with Crippen molar-refractivity contribution < 1.29 is 14.3 Å². The van der Waals surface area contributed by atoms with Gasteiger partial charge in [0.25, 0.3) is 5.91 Å². The number of hydrogen-bond acceptors (Lipinski definition) is 3. The quantitative estimate of drug-likeness (QED) is 0.605. The van der Waals surface area contributed by atoms with Crippen LogP contribution in [0, 0.1) is 6.92 Å². The number of aryl methyl sites for hydroxylation is 1. The highest BCUT2D eigenvalue weighted by Crippen LogP contribution is 2.40. The molecule has 0 aliphatic carbocycles. The van der Waals surface area contributed by atoms with Gasteiger partial charge in [-0.1, -0.05) is 54.1 Å². The number of nitrogens with one attached hydrogen (secondary N) is 1. The first-order chi connectivity index (χ1) is 14.4. The van der Waals surface area contributed by atoms with E-state index in [1.165, 1.54) is 0 Å². The van der Waals surface area contributed by atoms with Crippen molar-refractivity contribution in [1.29, 1.82) is 0 Å². The molecule has 4 heteroatoms. The fourth-order valence-electron chi connectivity index (χ4n) is 3.81. The van der Waals surface area contributed by atoms with Crippen LogP contribution in [0.3, 0.4) is 0 Å². The molecule has 0 spiro atoms. The summed E-state index contributed by atoms with van der Waals surface area (Å²) >= 11 is 0. The average Bonchev–Trinajstić information content (AvgIpc) is 2.73. The van der Waals surface area contributed by atoms with Crippen LogP contribution in [-0.4, -0.2) is 11.5 Å². The molecule has 0 aromatic heterocycles. The lowest BCUT2D eigenvalue weighted by molar-refractivity contribution is 0.0619. The number of carbonyl (C=O) groups is 1. The molecule has 1 aliphatic heterocycles. The van der Waals surface area contributed by atoms with Crippen LogP contribution in [0.5, 0.6) is 11.5 Å². The highest BCUT2D eigenvalue weighted by atomic mass is 16.5. The Morgan fingerprint density at radius 2 is 1.87 bits per heavy atom. The number of benzene rings is 3. The second kappa shape index (κ2) is 8.23. The van der Waals surface area contributed by atoms with Crippen molar-refractivity contribution in [3.05, 3.63) is 95.1 Å². The molecule has 1 amide bonds. The molecule has 0 saturated carbocycles. The molecule has 1 heterocycles. The fourth-order valence-corrected chi connectivity index (χ4v) is 3.81. The molecule has 0 bridgehead atoms. The van der Waals surface area contributed by atoms with E-state index in [1.807, 2.05) is 81.4 Å². The van der Waals surface area contributed by atoms with Gasteiger partial charge in [-0.2, -0.15) is 0 Å². The Kier molecular flexibility index (Phi) is 5.49. The molecular weight excluding hydrogens is 374 g/mol. The summed E-state index contributed by atoms with van der Waals surface area (Å²) in [5.74, 6) is 1.40. The molecule has 0 radical (unpaired) electrons. The van der Waals surface area contributed by atoms with Gasteiger partial charge in [-0.25, -0.2) is 0 Å². The Morgan fingerprint density at radius 1 is 1.07 bits per heavy atom. The Labute approximate surface area is 177 Å². The van der Waals surface area contributed by atoms with E-state index in [2.05, 4.69) is 11.4 Å². The van der Waals surface area contributed by atoms with E-state index in [0.717, 1.165) is 22.4 Å². The summed E-state index contributed by atoms with van der Waals surface area (Å²) in [6, 6.07) is 23.3. The van der Waals surface area contributed by atoms with Crippen LogP contribution < -0.4 is 14.8 Å². The first-order valence-electron chi connectivity index (χ1n) is 10.3. The predicted octanol–water partition coefficient (Wildman–Crippen LogP) is 5.61. The molecule has 0 unspecified atom stereocenters. The van der Waals surface area contributed by atoms with Gasteiger partial charge < -0.3 is 14.8 Å². The molecule has 30 heavy (non-hydrogen) atoms. The zero-order valence-electron chi connectivity index (χ0n) is 17.6. The van der Waals surface area contributed by atoms with Crippen LogP contribution in [0.1, 0.15) is 53.4 Å². The van der Waals surface area contributed by atoms with E-state index in [0.29, 0.717) is 24.3 Å². The van der Waals surface area contributed by atoms with Crippen molar-refractivity contribution in [3.63, 3.8) is 0 Å².